The van der Waals surface area contributed by atoms with Crippen molar-refractivity contribution in [2.24, 2.45) is 5.41 Å². The summed E-state index contributed by atoms with van der Waals surface area (Å²) >= 11 is 0. The van der Waals surface area contributed by atoms with Gasteiger partial charge >= 0.3 is 0 Å². The van der Waals surface area contributed by atoms with Gasteiger partial charge in [0.05, 0.1) is 24.1 Å². The van der Waals surface area contributed by atoms with Crippen LogP contribution < -0.4 is 0 Å². The van der Waals surface area contributed by atoms with Crippen molar-refractivity contribution in [3.8, 4) is 11.3 Å². The van der Waals surface area contributed by atoms with Crippen molar-refractivity contribution in [2.45, 2.75) is 58.4 Å². The van der Waals surface area contributed by atoms with Crippen LogP contribution in [0.5, 0.6) is 0 Å². The van der Waals surface area contributed by atoms with Gasteiger partial charge in [-0.25, -0.2) is 0 Å². The van der Waals surface area contributed by atoms with Gasteiger partial charge in [0.1, 0.15) is 0 Å². The van der Waals surface area contributed by atoms with E-state index >= 15 is 0 Å². The number of nitrogens with zero attached hydrogens (tertiary/aromatic N) is 4. The summed E-state index contributed by atoms with van der Waals surface area (Å²) in [6.45, 7) is 10.1. The molecule has 2 heterocycles. The smallest absolute Gasteiger partial charge is 0.0967 e. The Labute approximate surface area is 160 Å². The van der Waals surface area contributed by atoms with Gasteiger partial charge < -0.3 is 0 Å². The second-order valence-electron chi connectivity index (χ2n) is 8.97. The predicted octanol–water partition coefficient (Wildman–Crippen LogP) is 4.87. The molecule has 0 spiro atoms. The van der Waals surface area contributed by atoms with Gasteiger partial charge in [-0.1, -0.05) is 51.1 Å². The number of aromatic nitrogens is 4. The van der Waals surface area contributed by atoms with Crippen LogP contribution in [0.15, 0.2) is 42.6 Å². The molecule has 1 aromatic carbocycles. The van der Waals surface area contributed by atoms with Gasteiger partial charge in [0, 0.05) is 16.7 Å². The molecule has 2 atom stereocenters. The molecule has 4 nitrogen and oxygen atoms in total. The SMILES string of the molecule is Cc1c(-c2cc3c(nn2)[C@@]2(C)CC[C@@H]3C2(C)C)cnn1Cc1ccccc1. The first-order valence-electron chi connectivity index (χ1n) is 9.86. The van der Waals surface area contributed by atoms with Crippen LogP contribution >= 0.6 is 0 Å². The first kappa shape index (κ1) is 16.7. The Balaban J connectivity index is 1.52. The van der Waals surface area contributed by atoms with Crippen LogP contribution in [0.25, 0.3) is 11.3 Å². The summed E-state index contributed by atoms with van der Waals surface area (Å²) < 4.78 is 2.05. The lowest BCUT2D eigenvalue weighted by Crippen LogP contribution is -2.32. The zero-order chi connectivity index (χ0) is 18.8. The number of hydrogen-bond donors (Lipinski definition) is 0. The van der Waals surface area contributed by atoms with Gasteiger partial charge in [-0.05, 0) is 48.3 Å². The number of rotatable bonds is 3. The minimum absolute atomic E-state index is 0.158. The Morgan fingerprint density at radius 1 is 1.11 bits per heavy atom. The molecule has 0 amide bonds. The van der Waals surface area contributed by atoms with E-state index in [0.29, 0.717) is 5.92 Å². The average Bonchev–Trinajstić information content (AvgIpc) is 3.19. The molecule has 27 heavy (non-hydrogen) atoms. The highest BCUT2D eigenvalue weighted by molar-refractivity contribution is 5.63. The number of fused-ring (bicyclic) bond motifs is 5. The van der Waals surface area contributed by atoms with E-state index in [2.05, 4.69) is 72.9 Å². The number of hydrogen-bond acceptors (Lipinski definition) is 3. The standard InChI is InChI=1S/C23H26N4/c1-15-18(13-24-27(15)14-16-8-6-5-7-9-16)20-12-17-19-10-11-23(4,22(19,2)3)21(17)26-25-20/h5-9,12-13,19H,10-11,14H2,1-4H3/t19-,23+/m0/s1. The molecule has 2 aromatic heterocycles. The van der Waals surface area contributed by atoms with E-state index in [1.54, 1.807) is 0 Å². The average molecular weight is 358 g/mol. The van der Waals surface area contributed by atoms with Crippen molar-refractivity contribution in [3.63, 3.8) is 0 Å². The number of benzene rings is 1. The lowest BCUT2D eigenvalue weighted by atomic mass is 9.70. The molecule has 0 saturated heterocycles. The zero-order valence-electron chi connectivity index (χ0n) is 16.5. The Morgan fingerprint density at radius 3 is 2.67 bits per heavy atom. The van der Waals surface area contributed by atoms with Gasteiger partial charge in [0.2, 0.25) is 0 Å². The molecular formula is C23H26N4. The summed E-state index contributed by atoms with van der Waals surface area (Å²) in [5.74, 6) is 0.589. The fraction of sp³-hybridized carbons (Fsp3) is 0.435. The van der Waals surface area contributed by atoms with Crippen molar-refractivity contribution >= 4 is 0 Å². The summed E-state index contributed by atoms with van der Waals surface area (Å²) in [6, 6.07) is 12.7. The molecule has 0 N–H and O–H groups in total. The Hall–Kier alpha value is -2.49. The highest BCUT2D eigenvalue weighted by Gasteiger charge is 2.60. The third-order valence-corrected chi connectivity index (χ3v) is 7.50. The maximum Gasteiger partial charge on any atom is 0.0967 e. The lowest BCUT2D eigenvalue weighted by molar-refractivity contribution is 0.226. The Bertz CT molecular complexity index is 1020. The van der Waals surface area contributed by atoms with Crippen LogP contribution in [0.3, 0.4) is 0 Å². The molecule has 0 aliphatic heterocycles. The van der Waals surface area contributed by atoms with E-state index in [9.17, 15) is 0 Å². The van der Waals surface area contributed by atoms with E-state index in [-0.39, 0.29) is 10.8 Å². The summed E-state index contributed by atoms with van der Waals surface area (Å²) in [5, 5.41) is 14.0. The van der Waals surface area contributed by atoms with Gasteiger partial charge in [-0.15, -0.1) is 0 Å². The molecule has 138 valence electrons. The third-order valence-electron chi connectivity index (χ3n) is 7.50. The van der Waals surface area contributed by atoms with Crippen LogP contribution in [-0.2, 0) is 12.0 Å². The first-order valence-corrected chi connectivity index (χ1v) is 9.86. The highest BCUT2D eigenvalue weighted by Crippen LogP contribution is 2.67. The zero-order valence-corrected chi connectivity index (χ0v) is 16.5. The van der Waals surface area contributed by atoms with Crippen molar-refractivity contribution in [3.05, 3.63) is 65.1 Å². The molecule has 2 bridgehead atoms. The Kier molecular flexibility index (Phi) is 3.40. The van der Waals surface area contributed by atoms with Crippen molar-refractivity contribution in [1.29, 1.82) is 0 Å². The topological polar surface area (TPSA) is 43.6 Å². The summed E-state index contributed by atoms with van der Waals surface area (Å²) in [7, 11) is 0. The second-order valence-corrected chi connectivity index (χ2v) is 8.97. The molecule has 2 aliphatic carbocycles. The van der Waals surface area contributed by atoms with Gasteiger partial charge in [-0.3, -0.25) is 4.68 Å². The third kappa shape index (κ3) is 2.19. The van der Waals surface area contributed by atoms with Gasteiger partial charge in [0.15, 0.2) is 0 Å². The molecule has 3 aromatic rings. The van der Waals surface area contributed by atoms with Crippen LogP contribution in [0.1, 0.15) is 62.0 Å². The quantitative estimate of drug-likeness (QED) is 0.671. The fourth-order valence-electron chi connectivity index (χ4n) is 5.31. The summed E-state index contributed by atoms with van der Waals surface area (Å²) in [4.78, 5) is 0. The van der Waals surface area contributed by atoms with Crippen molar-refractivity contribution in [2.75, 3.05) is 0 Å². The Morgan fingerprint density at radius 2 is 1.89 bits per heavy atom. The lowest BCUT2D eigenvalue weighted by Gasteiger charge is -2.33. The van der Waals surface area contributed by atoms with Crippen molar-refractivity contribution < 1.29 is 0 Å². The maximum atomic E-state index is 4.73. The van der Waals surface area contributed by atoms with Crippen LogP contribution in [0.2, 0.25) is 0 Å². The minimum atomic E-state index is 0.158. The second kappa shape index (κ2) is 5.51. The normalized spacial score (nSPS) is 25.0. The van der Waals surface area contributed by atoms with E-state index in [1.165, 1.54) is 29.7 Å². The molecule has 0 unspecified atom stereocenters. The minimum Gasteiger partial charge on any atom is -0.265 e. The van der Waals surface area contributed by atoms with Crippen LogP contribution in [-0.4, -0.2) is 20.0 Å². The molecule has 1 saturated carbocycles. The van der Waals surface area contributed by atoms with E-state index < -0.39 is 0 Å². The maximum absolute atomic E-state index is 4.73. The molecule has 4 heteroatoms. The van der Waals surface area contributed by atoms with Crippen molar-refractivity contribution in [1.82, 2.24) is 20.0 Å². The van der Waals surface area contributed by atoms with E-state index in [4.69, 9.17) is 5.10 Å². The summed E-state index contributed by atoms with van der Waals surface area (Å²) in [6.07, 6.45) is 4.42. The largest absolute Gasteiger partial charge is 0.265 e. The molecular weight excluding hydrogens is 332 g/mol. The van der Waals surface area contributed by atoms with Crippen LogP contribution in [0, 0.1) is 12.3 Å². The molecule has 2 aliphatic rings. The summed E-state index contributed by atoms with van der Waals surface area (Å²) in [5.41, 5.74) is 7.49. The highest BCUT2D eigenvalue weighted by atomic mass is 15.3. The monoisotopic (exact) mass is 358 g/mol. The molecule has 5 rings (SSSR count). The first-order chi connectivity index (χ1) is 12.9. The van der Waals surface area contributed by atoms with Gasteiger partial charge in [0.25, 0.3) is 0 Å². The van der Waals surface area contributed by atoms with Gasteiger partial charge in [-0.2, -0.15) is 15.3 Å². The fourth-order valence-corrected chi connectivity index (χ4v) is 5.31. The predicted molar refractivity (Wildman–Crippen MR) is 107 cm³/mol. The molecule has 1 fully saturated rings. The van der Waals surface area contributed by atoms with E-state index in [0.717, 1.165) is 23.5 Å². The molecule has 0 radical (unpaired) electrons. The van der Waals surface area contributed by atoms with E-state index in [1.807, 2.05) is 12.3 Å². The van der Waals surface area contributed by atoms with Crippen LogP contribution in [0.4, 0.5) is 0 Å².